The Hall–Kier alpha value is -2.87. The standard InChI is InChI=1S/C18H19N3O2/c1-18(2)13-8-5-6-9-15(13)21(3)16(18)10-7-11-20-14(12-19)17(22)23-4/h5-11H,1-4H3/b11-7+,16-10+,20-14?. The summed E-state index contributed by atoms with van der Waals surface area (Å²) in [5.74, 6) is -0.740. The Morgan fingerprint density at radius 2 is 2.09 bits per heavy atom. The molecule has 0 radical (unpaired) electrons. The normalized spacial score (nSPS) is 18.1. The average Bonchev–Trinajstić information content (AvgIpc) is 2.75. The van der Waals surface area contributed by atoms with Gasteiger partial charge in [0.15, 0.2) is 0 Å². The van der Waals surface area contributed by atoms with Crippen LogP contribution in [0.4, 0.5) is 5.69 Å². The number of allylic oxidation sites excluding steroid dienone is 3. The third kappa shape index (κ3) is 3.02. The third-order valence-corrected chi connectivity index (χ3v) is 3.97. The van der Waals surface area contributed by atoms with Crippen LogP contribution in [-0.2, 0) is 14.9 Å². The van der Waals surface area contributed by atoms with Gasteiger partial charge in [0.25, 0.3) is 0 Å². The van der Waals surface area contributed by atoms with Gasteiger partial charge >= 0.3 is 5.97 Å². The highest BCUT2D eigenvalue weighted by Gasteiger charge is 2.37. The van der Waals surface area contributed by atoms with E-state index in [9.17, 15) is 4.79 Å². The topological polar surface area (TPSA) is 65.7 Å². The van der Waals surface area contributed by atoms with E-state index in [1.807, 2.05) is 25.3 Å². The lowest BCUT2D eigenvalue weighted by atomic mass is 9.84. The first kappa shape index (κ1) is 16.5. The molecule has 0 unspecified atom stereocenters. The lowest BCUT2D eigenvalue weighted by Crippen LogP contribution is -2.22. The van der Waals surface area contributed by atoms with Crippen LogP contribution in [-0.4, -0.2) is 25.8 Å². The molecule has 0 bridgehead atoms. The monoisotopic (exact) mass is 309 g/mol. The van der Waals surface area contributed by atoms with Crippen molar-refractivity contribution in [3.05, 3.63) is 53.9 Å². The summed E-state index contributed by atoms with van der Waals surface area (Å²) in [6, 6.07) is 9.98. The highest BCUT2D eigenvalue weighted by atomic mass is 16.5. The Kier molecular flexibility index (Phi) is 4.65. The molecule has 5 nitrogen and oxygen atoms in total. The number of carbonyl (C=O) groups is 1. The molecule has 0 fully saturated rings. The summed E-state index contributed by atoms with van der Waals surface area (Å²) >= 11 is 0. The number of carbonyl (C=O) groups excluding carboxylic acids is 1. The minimum absolute atomic E-state index is 0.125. The highest BCUT2D eigenvalue weighted by molar-refractivity contribution is 6.43. The second-order valence-corrected chi connectivity index (χ2v) is 5.68. The van der Waals surface area contributed by atoms with E-state index in [1.165, 1.54) is 24.6 Å². The Balaban J connectivity index is 2.28. The molecular weight excluding hydrogens is 290 g/mol. The van der Waals surface area contributed by atoms with E-state index in [0.717, 1.165) is 5.70 Å². The summed E-state index contributed by atoms with van der Waals surface area (Å²) < 4.78 is 4.48. The lowest BCUT2D eigenvalue weighted by molar-refractivity contribution is -0.132. The Morgan fingerprint density at radius 3 is 2.70 bits per heavy atom. The van der Waals surface area contributed by atoms with Crippen molar-refractivity contribution in [3.8, 4) is 6.07 Å². The van der Waals surface area contributed by atoms with Gasteiger partial charge in [0.1, 0.15) is 6.07 Å². The van der Waals surface area contributed by atoms with Crippen molar-refractivity contribution in [1.29, 1.82) is 5.26 Å². The molecule has 0 saturated heterocycles. The van der Waals surface area contributed by atoms with E-state index >= 15 is 0 Å². The van der Waals surface area contributed by atoms with Gasteiger partial charge in [-0.1, -0.05) is 32.0 Å². The molecule has 118 valence electrons. The Morgan fingerprint density at radius 1 is 1.39 bits per heavy atom. The maximum Gasteiger partial charge on any atom is 0.367 e. The van der Waals surface area contributed by atoms with Crippen molar-refractivity contribution < 1.29 is 9.53 Å². The van der Waals surface area contributed by atoms with E-state index in [-0.39, 0.29) is 11.1 Å². The van der Waals surface area contributed by atoms with Gasteiger partial charge in [0.05, 0.1) is 7.11 Å². The molecule has 0 atom stereocenters. The molecule has 0 saturated carbocycles. The molecule has 0 aliphatic carbocycles. The van der Waals surface area contributed by atoms with Gasteiger partial charge in [0.2, 0.25) is 5.71 Å². The summed E-state index contributed by atoms with van der Waals surface area (Å²) in [5.41, 5.74) is 3.15. The number of nitrogens with zero attached hydrogens (tertiary/aromatic N) is 3. The van der Waals surface area contributed by atoms with Crippen LogP contribution in [0.1, 0.15) is 19.4 Å². The Bertz CT molecular complexity index is 752. The van der Waals surface area contributed by atoms with Crippen molar-refractivity contribution in [2.24, 2.45) is 4.99 Å². The van der Waals surface area contributed by atoms with Crippen LogP contribution in [0.15, 0.2) is 53.3 Å². The fraction of sp³-hybridized carbons (Fsp3) is 0.278. The number of rotatable bonds is 3. The van der Waals surface area contributed by atoms with Crippen LogP contribution in [0.5, 0.6) is 0 Å². The second-order valence-electron chi connectivity index (χ2n) is 5.68. The summed E-state index contributed by atoms with van der Waals surface area (Å²) in [4.78, 5) is 17.2. The molecule has 1 aliphatic heterocycles. The van der Waals surface area contributed by atoms with Gasteiger partial charge in [0, 0.05) is 30.0 Å². The van der Waals surface area contributed by atoms with Crippen molar-refractivity contribution in [2.75, 3.05) is 19.1 Å². The first-order valence-electron chi connectivity index (χ1n) is 7.20. The van der Waals surface area contributed by atoms with Gasteiger partial charge < -0.3 is 9.64 Å². The summed E-state index contributed by atoms with van der Waals surface area (Å²) in [6.07, 6.45) is 5.09. The maximum absolute atomic E-state index is 11.3. The molecule has 0 spiro atoms. The molecule has 2 rings (SSSR count). The number of fused-ring (bicyclic) bond motifs is 1. The van der Waals surface area contributed by atoms with E-state index < -0.39 is 5.97 Å². The molecule has 1 aromatic rings. The van der Waals surface area contributed by atoms with E-state index in [2.05, 4.69) is 40.6 Å². The zero-order valence-electron chi connectivity index (χ0n) is 13.7. The predicted octanol–water partition coefficient (Wildman–Crippen LogP) is 2.95. The number of methoxy groups -OCH3 is 1. The SMILES string of the molecule is COC(=O)C(C#N)=N/C=C/C=C1/N(C)c2ccccc2C1(C)C. The van der Waals surface area contributed by atoms with Crippen LogP contribution in [0.2, 0.25) is 0 Å². The van der Waals surface area contributed by atoms with Crippen LogP contribution in [0.3, 0.4) is 0 Å². The largest absolute Gasteiger partial charge is 0.464 e. The number of ether oxygens (including phenoxy) is 1. The zero-order valence-corrected chi connectivity index (χ0v) is 13.7. The van der Waals surface area contributed by atoms with Crippen LogP contribution in [0.25, 0.3) is 0 Å². The zero-order chi connectivity index (χ0) is 17.0. The van der Waals surface area contributed by atoms with Crippen LogP contribution in [0, 0.1) is 11.3 Å². The number of anilines is 1. The van der Waals surface area contributed by atoms with Gasteiger partial charge in [-0.3, -0.25) is 0 Å². The summed E-state index contributed by atoms with van der Waals surface area (Å²) in [6.45, 7) is 4.32. The molecule has 0 aromatic heterocycles. The van der Waals surface area contributed by atoms with Gasteiger partial charge in [-0.15, -0.1) is 0 Å². The second kappa shape index (κ2) is 6.49. The third-order valence-electron chi connectivity index (χ3n) is 3.97. The number of para-hydroxylation sites is 1. The van der Waals surface area contributed by atoms with Crippen molar-refractivity contribution >= 4 is 17.4 Å². The minimum atomic E-state index is -0.740. The van der Waals surface area contributed by atoms with Gasteiger partial charge in [-0.2, -0.15) is 5.26 Å². The first-order valence-corrected chi connectivity index (χ1v) is 7.20. The summed E-state index contributed by atoms with van der Waals surface area (Å²) in [7, 11) is 3.24. The highest BCUT2D eigenvalue weighted by Crippen LogP contribution is 2.46. The first-order chi connectivity index (χ1) is 10.9. The van der Waals surface area contributed by atoms with Crippen LogP contribution >= 0.6 is 0 Å². The quantitative estimate of drug-likeness (QED) is 0.636. The maximum atomic E-state index is 11.3. The van der Waals surface area contributed by atoms with Gasteiger partial charge in [-0.05, 0) is 23.8 Å². The van der Waals surface area contributed by atoms with E-state index in [1.54, 1.807) is 12.1 Å². The average molecular weight is 309 g/mol. The number of hydrogen-bond acceptors (Lipinski definition) is 5. The molecular formula is C18H19N3O2. The lowest BCUT2D eigenvalue weighted by Gasteiger charge is -2.23. The molecule has 1 heterocycles. The molecule has 0 amide bonds. The Labute approximate surface area is 136 Å². The number of likely N-dealkylation sites (N-methyl/N-ethyl adjacent to an activating group) is 1. The molecule has 5 heteroatoms. The summed E-state index contributed by atoms with van der Waals surface area (Å²) in [5, 5.41) is 8.84. The molecule has 0 N–H and O–H groups in total. The predicted molar refractivity (Wildman–Crippen MR) is 90.2 cm³/mol. The number of benzene rings is 1. The van der Waals surface area contributed by atoms with E-state index in [4.69, 9.17) is 5.26 Å². The van der Waals surface area contributed by atoms with E-state index in [0.29, 0.717) is 0 Å². The molecule has 1 aliphatic rings. The van der Waals surface area contributed by atoms with Crippen molar-refractivity contribution in [1.82, 2.24) is 0 Å². The van der Waals surface area contributed by atoms with Crippen molar-refractivity contribution in [2.45, 2.75) is 19.3 Å². The number of nitriles is 1. The number of aliphatic imine (C=N–C) groups is 1. The van der Waals surface area contributed by atoms with Crippen LogP contribution < -0.4 is 4.90 Å². The fourth-order valence-electron chi connectivity index (χ4n) is 2.78. The van der Waals surface area contributed by atoms with Gasteiger partial charge in [-0.25, -0.2) is 9.79 Å². The van der Waals surface area contributed by atoms with Crippen molar-refractivity contribution in [3.63, 3.8) is 0 Å². The smallest absolute Gasteiger partial charge is 0.367 e. The number of esters is 1. The minimum Gasteiger partial charge on any atom is -0.464 e. The molecule has 1 aromatic carbocycles. The molecule has 23 heavy (non-hydrogen) atoms. The fourth-order valence-corrected chi connectivity index (χ4v) is 2.78. The number of hydrogen-bond donors (Lipinski definition) is 0.